The van der Waals surface area contributed by atoms with Gasteiger partial charge in [-0.1, -0.05) is 48.5 Å². The number of likely N-dealkylation sites (N-methyl/N-ethyl adjacent to an activating group) is 1. The summed E-state index contributed by atoms with van der Waals surface area (Å²) >= 11 is 0. The van der Waals surface area contributed by atoms with E-state index < -0.39 is 0 Å². The number of rotatable bonds is 10. The van der Waals surface area contributed by atoms with Crippen LogP contribution in [0.4, 0.5) is 0 Å². The number of likely N-dealkylation sites (tertiary alicyclic amines) is 1. The molecule has 1 aromatic heterocycles. The van der Waals surface area contributed by atoms with Gasteiger partial charge in [-0.25, -0.2) is 0 Å². The smallest absolute Gasteiger partial charge is 0.272 e. The molecule has 0 spiro atoms. The predicted molar refractivity (Wildman–Crippen MR) is 141 cm³/mol. The van der Waals surface area contributed by atoms with Crippen molar-refractivity contribution < 1.29 is 9.53 Å². The third kappa shape index (κ3) is 6.92. The molecule has 2 aromatic carbocycles. The summed E-state index contributed by atoms with van der Waals surface area (Å²) in [6, 6.07) is 24.6. The second-order valence-corrected chi connectivity index (χ2v) is 9.52. The first-order valence-electron chi connectivity index (χ1n) is 12.7. The fraction of sp³-hybridized carbons (Fsp3) is 0.400. The Bertz CT molecular complexity index is 1050. The predicted octanol–water partition coefficient (Wildman–Crippen LogP) is 5.12. The largest absolute Gasteiger partial charge is 0.497 e. The van der Waals surface area contributed by atoms with E-state index in [1.165, 1.54) is 17.5 Å². The molecule has 0 bridgehead atoms. The fourth-order valence-electron chi connectivity index (χ4n) is 5.19. The van der Waals surface area contributed by atoms with E-state index in [1.54, 1.807) is 19.4 Å². The number of amides is 1. The summed E-state index contributed by atoms with van der Waals surface area (Å²) in [6.45, 7) is 3.30. The van der Waals surface area contributed by atoms with Gasteiger partial charge in [0.1, 0.15) is 11.4 Å². The van der Waals surface area contributed by atoms with Crippen LogP contribution in [0.3, 0.4) is 0 Å². The zero-order valence-corrected chi connectivity index (χ0v) is 21.0. The van der Waals surface area contributed by atoms with Crippen molar-refractivity contribution in [3.63, 3.8) is 0 Å². The summed E-state index contributed by atoms with van der Waals surface area (Å²) in [5.41, 5.74) is 3.11. The van der Waals surface area contributed by atoms with Gasteiger partial charge in [-0.3, -0.25) is 9.78 Å². The number of ether oxygens (including phenoxy) is 1. The second-order valence-electron chi connectivity index (χ2n) is 9.52. The minimum Gasteiger partial charge on any atom is -0.497 e. The van der Waals surface area contributed by atoms with Crippen molar-refractivity contribution in [3.8, 4) is 5.75 Å². The quantitative estimate of drug-likeness (QED) is 0.412. The molecule has 0 radical (unpaired) electrons. The molecule has 3 aromatic rings. The molecule has 1 fully saturated rings. The highest BCUT2D eigenvalue weighted by Gasteiger charge is 2.32. The van der Waals surface area contributed by atoms with E-state index in [-0.39, 0.29) is 11.9 Å². The van der Waals surface area contributed by atoms with Gasteiger partial charge >= 0.3 is 0 Å². The van der Waals surface area contributed by atoms with E-state index in [4.69, 9.17) is 4.74 Å². The summed E-state index contributed by atoms with van der Waals surface area (Å²) in [6.07, 6.45) is 7.00. The molecule has 4 rings (SSSR count). The monoisotopic (exact) mass is 471 g/mol. The third-order valence-corrected chi connectivity index (χ3v) is 7.24. The lowest BCUT2D eigenvalue weighted by molar-refractivity contribution is 0.0584. The molecule has 0 N–H and O–H groups in total. The molecule has 184 valence electrons. The molecule has 1 aliphatic heterocycles. The van der Waals surface area contributed by atoms with E-state index >= 15 is 0 Å². The average molecular weight is 472 g/mol. The van der Waals surface area contributed by atoms with Crippen molar-refractivity contribution in [2.45, 2.75) is 38.1 Å². The first-order valence-corrected chi connectivity index (χ1v) is 12.7. The molecule has 0 unspecified atom stereocenters. The maximum absolute atomic E-state index is 13.3. The molecule has 1 amide bonds. The molecule has 0 saturated carbocycles. The number of methoxy groups -OCH3 is 1. The number of piperidine rings is 1. The highest BCUT2D eigenvalue weighted by Crippen LogP contribution is 2.28. The average Bonchev–Trinajstić information content (AvgIpc) is 2.92. The number of carbonyl (C=O) groups excluding carboxylic acids is 1. The molecule has 5 nitrogen and oxygen atoms in total. The molecule has 5 heteroatoms. The van der Waals surface area contributed by atoms with Gasteiger partial charge in [-0.15, -0.1) is 0 Å². The van der Waals surface area contributed by atoms with E-state index in [0.717, 1.165) is 51.1 Å². The summed E-state index contributed by atoms with van der Waals surface area (Å²) < 4.78 is 5.45. The van der Waals surface area contributed by atoms with Crippen LogP contribution in [-0.4, -0.2) is 60.5 Å². The van der Waals surface area contributed by atoms with Gasteiger partial charge in [-0.2, -0.15) is 0 Å². The number of hydrogen-bond donors (Lipinski definition) is 0. The van der Waals surface area contributed by atoms with Gasteiger partial charge in [0.05, 0.1) is 7.11 Å². The normalized spacial score (nSPS) is 15.5. The van der Waals surface area contributed by atoms with Crippen molar-refractivity contribution >= 4 is 5.91 Å². The highest BCUT2D eigenvalue weighted by molar-refractivity contribution is 5.92. The van der Waals surface area contributed by atoms with Crippen LogP contribution in [0.15, 0.2) is 79.0 Å². The van der Waals surface area contributed by atoms with Crippen LogP contribution in [0.5, 0.6) is 5.75 Å². The number of carbonyl (C=O) groups is 1. The molecular formula is C30H37N3O2. The number of pyridine rings is 1. The Morgan fingerprint density at radius 2 is 1.77 bits per heavy atom. The van der Waals surface area contributed by atoms with E-state index in [2.05, 4.69) is 52.3 Å². The van der Waals surface area contributed by atoms with Crippen LogP contribution < -0.4 is 4.74 Å². The lowest BCUT2D eigenvalue weighted by Crippen LogP contribution is -2.47. The Balaban J connectivity index is 1.40. The van der Waals surface area contributed by atoms with Gasteiger partial charge < -0.3 is 14.5 Å². The topological polar surface area (TPSA) is 45.7 Å². The Hall–Kier alpha value is -3.18. The SMILES string of the molecule is COc1cccc(C[C@H](C2CCN(CCCc3ccccc3)CC2)N(C)C(=O)c2ccccn2)c1. The van der Waals surface area contributed by atoms with Crippen LogP contribution in [-0.2, 0) is 12.8 Å². The zero-order chi connectivity index (χ0) is 24.5. The molecule has 35 heavy (non-hydrogen) atoms. The van der Waals surface area contributed by atoms with Gasteiger partial charge in [0.2, 0.25) is 0 Å². The first kappa shape index (κ1) is 24.9. The van der Waals surface area contributed by atoms with Gasteiger partial charge in [0.25, 0.3) is 5.91 Å². The first-order chi connectivity index (χ1) is 17.1. The minimum atomic E-state index is -0.0104. The van der Waals surface area contributed by atoms with Crippen molar-refractivity contribution in [1.29, 1.82) is 0 Å². The van der Waals surface area contributed by atoms with Crippen LogP contribution >= 0.6 is 0 Å². The fourth-order valence-corrected chi connectivity index (χ4v) is 5.19. The summed E-state index contributed by atoms with van der Waals surface area (Å²) in [7, 11) is 3.63. The molecule has 0 aliphatic carbocycles. The second kappa shape index (κ2) is 12.5. The van der Waals surface area contributed by atoms with Crippen molar-refractivity contribution in [2.24, 2.45) is 5.92 Å². The summed E-state index contributed by atoms with van der Waals surface area (Å²) in [5, 5.41) is 0. The van der Waals surface area contributed by atoms with Crippen LogP contribution in [0.25, 0.3) is 0 Å². The van der Waals surface area contributed by atoms with Crippen LogP contribution in [0.2, 0.25) is 0 Å². The molecule has 1 saturated heterocycles. The Kier molecular flexibility index (Phi) is 8.90. The maximum Gasteiger partial charge on any atom is 0.272 e. The molecule has 1 atom stereocenters. The van der Waals surface area contributed by atoms with Crippen molar-refractivity contribution in [3.05, 3.63) is 95.8 Å². The Morgan fingerprint density at radius 1 is 1.03 bits per heavy atom. The summed E-state index contributed by atoms with van der Waals surface area (Å²) in [4.78, 5) is 22.1. The van der Waals surface area contributed by atoms with E-state index in [9.17, 15) is 4.79 Å². The Labute approximate surface area is 209 Å². The highest BCUT2D eigenvalue weighted by atomic mass is 16.5. The Morgan fingerprint density at radius 3 is 2.49 bits per heavy atom. The van der Waals surface area contributed by atoms with E-state index in [1.807, 2.05) is 36.2 Å². The minimum absolute atomic E-state index is 0.0104. The molecule has 2 heterocycles. The number of aromatic nitrogens is 1. The van der Waals surface area contributed by atoms with Crippen LogP contribution in [0, 0.1) is 5.92 Å². The number of hydrogen-bond acceptors (Lipinski definition) is 4. The number of aryl methyl sites for hydroxylation is 1. The third-order valence-electron chi connectivity index (χ3n) is 7.24. The van der Waals surface area contributed by atoms with Crippen LogP contribution in [0.1, 0.15) is 40.9 Å². The maximum atomic E-state index is 13.3. The van der Waals surface area contributed by atoms with Gasteiger partial charge in [-0.05, 0) is 93.0 Å². The van der Waals surface area contributed by atoms with Crippen molar-refractivity contribution in [1.82, 2.24) is 14.8 Å². The molecule has 1 aliphatic rings. The van der Waals surface area contributed by atoms with Gasteiger partial charge in [0.15, 0.2) is 0 Å². The summed E-state index contributed by atoms with van der Waals surface area (Å²) in [5.74, 6) is 1.29. The number of benzene rings is 2. The zero-order valence-electron chi connectivity index (χ0n) is 21.0. The van der Waals surface area contributed by atoms with Crippen molar-refractivity contribution in [2.75, 3.05) is 33.8 Å². The number of nitrogens with zero attached hydrogens (tertiary/aromatic N) is 3. The lowest BCUT2D eigenvalue weighted by Gasteiger charge is -2.40. The van der Waals surface area contributed by atoms with E-state index in [0.29, 0.717) is 11.6 Å². The standard InChI is InChI=1S/C30H37N3O2/c1-32(30(34)28-15-6-7-18-31-28)29(23-25-12-8-14-27(22-25)35-2)26-16-20-33(21-17-26)19-9-13-24-10-4-3-5-11-24/h3-8,10-12,14-15,18,22,26,29H,9,13,16-17,19-21,23H2,1-2H3/t29-/m1/s1. The lowest BCUT2D eigenvalue weighted by atomic mass is 9.84. The van der Waals surface area contributed by atoms with Gasteiger partial charge in [0, 0.05) is 19.3 Å². The molecular weight excluding hydrogens is 434 g/mol.